The number of fused-ring (bicyclic) bond motifs is 1. The lowest BCUT2D eigenvalue weighted by Gasteiger charge is -2.15. The summed E-state index contributed by atoms with van der Waals surface area (Å²) < 4.78 is 14.7. The van der Waals surface area contributed by atoms with Gasteiger partial charge in [-0.3, -0.25) is 4.79 Å². The fourth-order valence-corrected chi connectivity index (χ4v) is 4.82. The number of rotatable bonds is 9. The lowest BCUT2D eigenvalue weighted by Crippen LogP contribution is -2.19. The van der Waals surface area contributed by atoms with E-state index in [9.17, 15) is 4.79 Å². The van der Waals surface area contributed by atoms with Crippen LogP contribution in [0.15, 0.2) is 113 Å². The predicted molar refractivity (Wildman–Crippen MR) is 154 cm³/mol. The number of aromatic nitrogens is 1. The van der Waals surface area contributed by atoms with Gasteiger partial charge in [0.2, 0.25) is 0 Å². The number of hydrazone groups is 1. The Bertz CT molecular complexity index is 1590. The summed E-state index contributed by atoms with van der Waals surface area (Å²) in [5.74, 6) is 0.902. The normalized spacial score (nSPS) is 11.1. The molecule has 0 saturated carbocycles. The van der Waals surface area contributed by atoms with Crippen LogP contribution in [0.3, 0.4) is 0 Å². The highest BCUT2D eigenvalue weighted by atomic mass is 79.9. The number of benzene rings is 4. The molecule has 0 aliphatic carbocycles. The van der Waals surface area contributed by atoms with E-state index in [4.69, 9.17) is 9.47 Å². The quantitative estimate of drug-likeness (QED) is 0.152. The van der Waals surface area contributed by atoms with Crippen LogP contribution in [-0.2, 0) is 6.61 Å². The predicted octanol–water partition coefficient (Wildman–Crippen LogP) is 7.13. The van der Waals surface area contributed by atoms with Crippen LogP contribution >= 0.6 is 15.9 Å². The van der Waals surface area contributed by atoms with Crippen LogP contribution in [0.2, 0.25) is 0 Å². The molecule has 5 rings (SSSR count). The van der Waals surface area contributed by atoms with Crippen LogP contribution in [0.25, 0.3) is 16.5 Å². The number of halogens is 1. The maximum atomic E-state index is 12.9. The fraction of sp³-hybridized carbons (Fsp3) is 0.0968. The van der Waals surface area contributed by atoms with Crippen molar-refractivity contribution in [3.8, 4) is 17.2 Å². The average molecular weight is 568 g/mol. The van der Waals surface area contributed by atoms with Gasteiger partial charge in [0.1, 0.15) is 6.61 Å². The van der Waals surface area contributed by atoms with Crippen LogP contribution in [0.1, 0.15) is 28.4 Å². The molecule has 4 aromatic carbocycles. The Morgan fingerprint density at radius 1 is 0.947 bits per heavy atom. The molecule has 1 amide bonds. The molecule has 0 radical (unpaired) electrons. The van der Waals surface area contributed by atoms with Gasteiger partial charge in [0.15, 0.2) is 11.5 Å². The third-order valence-corrected chi connectivity index (χ3v) is 6.58. The van der Waals surface area contributed by atoms with Crippen molar-refractivity contribution in [2.24, 2.45) is 5.10 Å². The van der Waals surface area contributed by atoms with Gasteiger partial charge in [-0.2, -0.15) is 5.10 Å². The summed E-state index contributed by atoms with van der Waals surface area (Å²) in [5, 5.41) is 6.51. The van der Waals surface area contributed by atoms with Crippen LogP contribution in [0.4, 0.5) is 0 Å². The Hall–Kier alpha value is -4.36. The van der Waals surface area contributed by atoms with Gasteiger partial charge in [0.05, 0.1) is 28.5 Å². The fourth-order valence-electron chi connectivity index (χ4n) is 4.25. The van der Waals surface area contributed by atoms with Crippen molar-refractivity contribution >= 4 is 38.8 Å². The second-order valence-corrected chi connectivity index (χ2v) is 9.35. The van der Waals surface area contributed by atoms with Crippen molar-refractivity contribution in [3.05, 3.63) is 125 Å². The van der Waals surface area contributed by atoms with Gasteiger partial charge in [-0.1, -0.05) is 54.6 Å². The largest absolute Gasteiger partial charge is 0.490 e. The van der Waals surface area contributed by atoms with E-state index in [2.05, 4.69) is 50.7 Å². The van der Waals surface area contributed by atoms with Crippen molar-refractivity contribution in [2.75, 3.05) is 6.61 Å². The number of nitrogens with one attached hydrogen (secondary N) is 1. The standard InChI is InChI=1S/C31H26BrN3O3/c1-2-37-29-19-22(20-33-34-31(36)26-14-5-6-15-28(26)35-16-7-8-17-35)18-27(32)30(29)38-21-24-12-9-11-23-10-3-4-13-25(23)24/h3-20H,2,21H2,1H3,(H,34,36)/b33-20-. The molecule has 190 valence electrons. The lowest BCUT2D eigenvalue weighted by molar-refractivity contribution is 0.0955. The van der Waals surface area contributed by atoms with Gasteiger partial charge in [-0.25, -0.2) is 5.43 Å². The van der Waals surface area contributed by atoms with Crippen molar-refractivity contribution in [3.63, 3.8) is 0 Å². The zero-order chi connectivity index (χ0) is 26.3. The van der Waals surface area contributed by atoms with E-state index in [1.54, 1.807) is 12.3 Å². The van der Waals surface area contributed by atoms with Crippen molar-refractivity contribution in [2.45, 2.75) is 13.5 Å². The molecule has 38 heavy (non-hydrogen) atoms. The first kappa shape index (κ1) is 25.3. The molecular formula is C31H26BrN3O3. The van der Waals surface area contributed by atoms with Crippen molar-refractivity contribution < 1.29 is 14.3 Å². The second-order valence-electron chi connectivity index (χ2n) is 8.50. The molecule has 0 unspecified atom stereocenters. The van der Waals surface area contributed by atoms with E-state index in [1.807, 2.05) is 84.5 Å². The Balaban J connectivity index is 1.32. The van der Waals surface area contributed by atoms with E-state index in [0.717, 1.165) is 26.7 Å². The molecule has 7 heteroatoms. The Morgan fingerprint density at radius 3 is 2.55 bits per heavy atom. The average Bonchev–Trinajstić information content (AvgIpc) is 3.48. The summed E-state index contributed by atoms with van der Waals surface area (Å²) in [5.41, 5.74) is 5.76. The number of amides is 1. The summed E-state index contributed by atoms with van der Waals surface area (Å²) in [4.78, 5) is 12.9. The first-order chi connectivity index (χ1) is 18.6. The van der Waals surface area contributed by atoms with Gasteiger partial charge < -0.3 is 14.0 Å². The summed E-state index contributed by atoms with van der Waals surface area (Å²) >= 11 is 3.62. The summed E-state index contributed by atoms with van der Waals surface area (Å²) in [6, 6.07) is 29.4. The topological polar surface area (TPSA) is 64.8 Å². The van der Waals surface area contributed by atoms with Gasteiger partial charge in [0, 0.05) is 12.4 Å². The molecule has 1 N–H and O–H groups in total. The Morgan fingerprint density at radius 2 is 1.71 bits per heavy atom. The summed E-state index contributed by atoms with van der Waals surface area (Å²) in [7, 11) is 0. The molecule has 6 nitrogen and oxygen atoms in total. The highest BCUT2D eigenvalue weighted by Gasteiger charge is 2.14. The molecule has 0 aliphatic heterocycles. The third-order valence-electron chi connectivity index (χ3n) is 5.99. The number of ether oxygens (including phenoxy) is 2. The minimum absolute atomic E-state index is 0.301. The zero-order valence-electron chi connectivity index (χ0n) is 20.8. The van der Waals surface area contributed by atoms with Crippen LogP contribution < -0.4 is 14.9 Å². The van der Waals surface area contributed by atoms with Gasteiger partial charge in [-0.15, -0.1) is 0 Å². The highest BCUT2D eigenvalue weighted by Crippen LogP contribution is 2.37. The summed E-state index contributed by atoms with van der Waals surface area (Å²) in [6.45, 7) is 2.79. The zero-order valence-corrected chi connectivity index (χ0v) is 22.4. The van der Waals surface area contributed by atoms with Gasteiger partial charge in [-0.05, 0) is 81.2 Å². The minimum atomic E-state index is -0.301. The molecule has 0 saturated heterocycles. The van der Waals surface area contributed by atoms with E-state index in [0.29, 0.717) is 30.3 Å². The lowest BCUT2D eigenvalue weighted by atomic mass is 10.1. The van der Waals surface area contributed by atoms with E-state index in [-0.39, 0.29) is 5.91 Å². The Kier molecular flexibility index (Phi) is 7.85. The first-order valence-electron chi connectivity index (χ1n) is 12.3. The number of nitrogens with zero attached hydrogens (tertiary/aromatic N) is 2. The molecule has 0 fully saturated rings. The third kappa shape index (κ3) is 5.63. The number of carbonyl (C=O) groups excluding carboxylic acids is 1. The number of hydrogen-bond acceptors (Lipinski definition) is 4. The van der Waals surface area contributed by atoms with E-state index >= 15 is 0 Å². The van der Waals surface area contributed by atoms with Crippen LogP contribution in [-0.4, -0.2) is 23.3 Å². The van der Waals surface area contributed by atoms with Gasteiger partial charge in [0.25, 0.3) is 5.91 Å². The minimum Gasteiger partial charge on any atom is -0.490 e. The molecular weight excluding hydrogens is 542 g/mol. The first-order valence-corrected chi connectivity index (χ1v) is 13.0. The molecule has 0 atom stereocenters. The van der Waals surface area contributed by atoms with Crippen LogP contribution in [0.5, 0.6) is 11.5 Å². The molecule has 5 aromatic rings. The monoisotopic (exact) mass is 567 g/mol. The molecule has 1 aromatic heterocycles. The number of hydrogen-bond donors (Lipinski definition) is 1. The summed E-state index contributed by atoms with van der Waals surface area (Å²) in [6.07, 6.45) is 5.37. The molecule has 0 aliphatic rings. The SMILES string of the molecule is CCOc1cc(/C=N\NC(=O)c2ccccc2-n2cccc2)cc(Br)c1OCc1cccc2ccccc12. The second kappa shape index (κ2) is 11.8. The Labute approximate surface area is 229 Å². The highest BCUT2D eigenvalue weighted by molar-refractivity contribution is 9.10. The maximum Gasteiger partial charge on any atom is 0.273 e. The van der Waals surface area contributed by atoms with Crippen molar-refractivity contribution in [1.29, 1.82) is 0 Å². The van der Waals surface area contributed by atoms with Gasteiger partial charge >= 0.3 is 0 Å². The maximum absolute atomic E-state index is 12.9. The number of carbonyl (C=O) groups is 1. The molecule has 0 spiro atoms. The smallest absolute Gasteiger partial charge is 0.273 e. The number of para-hydroxylation sites is 1. The molecule has 0 bridgehead atoms. The van der Waals surface area contributed by atoms with E-state index < -0.39 is 0 Å². The van der Waals surface area contributed by atoms with Crippen molar-refractivity contribution in [1.82, 2.24) is 9.99 Å². The van der Waals surface area contributed by atoms with Crippen LogP contribution in [0, 0.1) is 0 Å². The van der Waals surface area contributed by atoms with E-state index in [1.165, 1.54) is 5.39 Å². The molecule has 1 heterocycles.